The summed E-state index contributed by atoms with van der Waals surface area (Å²) in [7, 11) is 0. The molecule has 2 heterocycles. The van der Waals surface area contributed by atoms with Crippen LogP contribution in [0.1, 0.15) is 35.4 Å². The normalized spacial score (nSPS) is 12.7. The van der Waals surface area contributed by atoms with Gasteiger partial charge >= 0.3 is 5.63 Å². The monoisotopic (exact) mass is 298 g/mol. The summed E-state index contributed by atoms with van der Waals surface area (Å²) in [4.78, 5) is 11.8. The molecule has 114 valence electrons. The van der Waals surface area contributed by atoms with Gasteiger partial charge in [0.15, 0.2) is 5.76 Å². The van der Waals surface area contributed by atoms with E-state index < -0.39 is 0 Å². The van der Waals surface area contributed by atoms with Gasteiger partial charge in [-0.2, -0.15) is 0 Å². The molecule has 0 unspecified atom stereocenters. The van der Waals surface area contributed by atoms with Gasteiger partial charge in [-0.1, -0.05) is 0 Å². The third-order valence-electron chi connectivity index (χ3n) is 4.13. The van der Waals surface area contributed by atoms with Crippen molar-refractivity contribution in [1.29, 1.82) is 0 Å². The molecule has 0 radical (unpaired) electrons. The van der Waals surface area contributed by atoms with Crippen molar-refractivity contribution in [3.05, 3.63) is 69.5 Å². The van der Waals surface area contributed by atoms with Gasteiger partial charge in [-0.15, -0.1) is 0 Å². The summed E-state index contributed by atoms with van der Waals surface area (Å²) < 4.78 is 10.7. The number of aryl methyl sites for hydroxylation is 2. The molecule has 22 heavy (non-hydrogen) atoms. The number of hydrogen-bond donors (Lipinski definition) is 1. The smallest absolute Gasteiger partial charge is 0.336 e. The second-order valence-corrected chi connectivity index (χ2v) is 5.77. The number of furan rings is 1. The zero-order chi connectivity index (χ0) is 15.7. The van der Waals surface area contributed by atoms with Crippen LogP contribution in [0.25, 0.3) is 11.0 Å². The molecule has 0 spiro atoms. The van der Waals surface area contributed by atoms with Crippen LogP contribution in [0.2, 0.25) is 0 Å². The highest BCUT2D eigenvalue weighted by molar-refractivity contribution is 5.81. The van der Waals surface area contributed by atoms with Crippen LogP contribution in [0, 0.1) is 13.8 Å². The fourth-order valence-corrected chi connectivity index (χ4v) is 2.62. The molecular weight excluding hydrogens is 278 g/mol. The van der Waals surface area contributed by atoms with Gasteiger partial charge in [0.1, 0.15) is 18.2 Å². The van der Waals surface area contributed by atoms with Crippen molar-refractivity contribution in [3.63, 3.8) is 0 Å². The van der Waals surface area contributed by atoms with Crippen LogP contribution in [-0.2, 0) is 6.54 Å². The molecule has 4 nitrogen and oxygen atoms in total. The van der Waals surface area contributed by atoms with E-state index in [2.05, 4.69) is 25.2 Å². The Morgan fingerprint density at radius 1 is 1.18 bits per heavy atom. The maximum Gasteiger partial charge on any atom is 0.336 e. The van der Waals surface area contributed by atoms with Crippen LogP contribution < -0.4 is 10.9 Å². The molecule has 1 atom stereocenters. The molecule has 1 aromatic carbocycles. The largest absolute Gasteiger partial charge is 0.463 e. The van der Waals surface area contributed by atoms with Crippen molar-refractivity contribution in [3.8, 4) is 0 Å². The number of quaternary nitrogens is 1. The van der Waals surface area contributed by atoms with Crippen molar-refractivity contribution in [2.75, 3.05) is 0 Å². The Balaban J connectivity index is 1.93. The molecule has 0 fully saturated rings. The number of rotatable bonds is 4. The Labute approximate surface area is 128 Å². The number of hydrogen-bond acceptors (Lipinski definition) is 3. The Hall–Kier alpha value is -2.33. The maximum absolute atomic E-state index is 11.8. The van der Waals surface area contributed by atoms with Gasteiger partial charge < -0.3 is 14.2 Å². The fraction of sp³-hybridized carbons (Fsp3) is 0.278. The maximum atomic E-state index is 11.8. The first-order valence-corrected chi connectivity index (χ1v) is 7.45. The summed E-state index contributed by atoms with van der Waals surface area (Å²) in [5, 5.41) is 3.16. The Bertz CT molecular complexity index is 847. The van der Waals surface area contributed by atoms with E-state index >= 15 is 0 Å². The minimum Gasteiger partial charge on any atom is -0.463 e. The Morgan fingerprint density at radius 2 is 1.95 bits per heavy atom. The molecule has 0 saturated carbocycles. The van der Waals surface area contributed by atoms with Crippen LogP contribution >= 0.6 is 0 Å². The predicted octanol–water partition coefficient (Wildman–Crippen LogP) is 2.83. The number of benzene rings is 1. The van der Waals surface area contributed by atoms with Gasteiger partial charge in [0, 0.05) is 17.0 Å². The van der Waals surface area contributed by atoms with Crippen LogP contribution in [0.5, 0.6) is 0 Å². The van der Waals surface area contributed by atoms with E-state index in [1.807, 2.05) is 25.1 Å². The van der Waals surface area contributed by atoms with Crippen molar-refractivity contribution < 1.29 is 14.2 Å². The minimum absolute atomic E-state index is 0.198. The molecule has 0 aliphatic carbocycles. The second kappa shape index (κ2) is 5.81. The molecule has 4 heteroatoms. The second-order valence-electron chi connectivity index (χ2n) is 5.77. The molecule has 3 aromatic rings. The lowest BCUT2D eigenvalue weighted by Gasteiger charge is -2.10. The molecule has 0 bridgehead atoms. The van der Waals surface area contributed by atoms with E-state index in [4.69, 9.17) is 8.83 Å². The zero-order valence-corrected chi connectivity index (χ0v) is 13.1. The average molecular weight is 298 g/mol. The quantitative estimate of drug-likeness (QED) is 0.753. The van der Waals surface area contributed by atoms with E-state index in [1.54, 1.807) is 12.3 Å². The molecule has 0 aliphatic rings. The third-order valence-corrected chi connectivity index (χ3v) is 4.13. The van der Waals surface area contributed by atoms with Crippen LogP contribution in [0.4, 0.5) is 0 Å². The third kappa shape index (κ3) is 2.83. The Kier molecular flexibility index (Phi) is 3.86. The Morgan fingerprint density at radius 3 is 2.68 bits per heavy atom. The molecule has 0 aliphatic heterocycles. The number of nitrogens with two attached hydrogens (primary N) is 1. The van der Waals surface area contributed by atoms with Crippen LogP contribution in [0.15, 0.2) is 50.2 Å². The lowest BCUT2D eigenvalue weighted by atomic mass is 10.0. The van der Waals surface area contributed by atoms with Gasteiger partial charge in [-0.05, 0) is 56.2 Å². The summed E-state index contributed by atoms with van der Waals surface area (Å²) in [6.45, 7) is 6.87. The molecule has 0 saturated heterocycles. The van der Waals surface area contributed by atoms with Gasteiger partial charge in [0.05, 0.1) is 6.26 Å². The van der Waals surface area contributed by atoms with Gasteiger partial charge in [-0.25, -0.2) is 4.79 Å². The minimum atomic E-state index is -0.301. The first kappa shape index (κ1) is 14.6. The summed E-state index contributed by atoms with van der Waals surface area (Å²) in [5.41, 5.74) is 3.67. The first-order chi connectivity index (χ1) is 10.5. The first-order valence-electron chi connectivity index (χ1n) is 7.45. The van der Waals surface area contributed by atoms with Crippen molar-refractivity contribution in [2.24, 2.45) is 0 Å². The van der Waals surface area contributed by atoms with Crippen molar-refractivity contribution in [1.82, 2.24) is 0 Å². The van der Waals surface area contributed by atoms with Crippen LogP contribution in [-0.4, -0.2) is 0 Å². The van der Waals surface area contributed by atoms with Gasteiger partial charge in [-0.3, -0.25) is 0 Å². The van der Waals surface area contributed by atoms with E-state index in [-0.39, 0.29) is 11.7 Å². The van der Waals surface area contributed by atoms with Crippen molar-refractivity contribution in [2.45, 2.75) is 33.4 Å². The van der Waals surface area contributed by atoms with Crippen molar-refractivity contribution >= 4 is 11.0 Å². The fourth-order valence-electron chi connectivity index (χ4n) is 2.62. The van der Waals surface area contributed by atoms with E-state index in [0.717, 1.165) is 22.3 Å². The predicted molar refractivity (Wildman–Crippen MR) is 84.7 cm³/mol. The topological polar surface area (TPSA) is 60.0 Å². The van der Waals surface area contributed by atoms with E-state index in [0.29, 0.717) is 12.1 Å². The summed E-state index contributed by atoms with van der Waals surface area (Å²) in [6, 6.07) is 9.66. The molecule has 2 N–H and O–H groups in total. The van der Waals surface area contributed by atoms with E-state index in [9.17, 15) is 4.79 Å². The highest BCUT2D eigenvalue weighted by atomic mass is 16.4. The molecule has 3 rings (SSSR count). The standard InChI is InChI=1S/C18H19NO3/c1-11-7-15-14(9-18(20)22-17(15)8-12(11)2)10-19-13(3)16-5-4-6-21-16/h4-9,13,19H,10H2,1-3H3/p+1/t13-/m0/s1. The summed E-state index contributed by atoms with van der Waals surface area (Å²) in [6.07, 6.45) is 1.68. The number of fused-ring (bicyclic) bond motifs is 1. The molecule has 0 amide bonds. The summed E-state index contributed by atoms with van der Waals surface area (Å²) in [5.74, 6) is 0.930. The van der Waals surface area contributed by atoms with E-state index in [1.165, 1.54) is 5.56 Å². The average Bonchev–Trinajstić information content (AvgIpc) is 3.00. The molecular formula is C18H20NO3+. The SMILES string of the molecule is Cc1cc2oc(=O)cc(C[NH2+][C@@H](C)c3ccco3)c2cc1C. The summed E-state index contributed by atoms with van der Waals surface area (Å²) >= 11 is 0. The molecule has 2 aromatic heterocycles. The lowest BCUT2D eigenvalue weighted by Crippen LogP contribution is -2.83. The zero-order valence-electron chi connectivity index (χ0n) is 13.1. The van der Waals surface area contributed by atoms with Crippen LogP contribution in [0.3, 0.4) is 0 Å². The lowest BCUT2D eigenvalue weighted by molar-refractivity contribution is -0.709. The highest BCUT2D eigenvalue weighted by Crippen LogP contribution is 2.21. The van der Waals surface area contributed by atoms with Gasteiger partial charge in [0.25, 0.3) is 0 Å². The van der Waals surface area contributed by atoms with Gasteiger partial charge in [0.2, 0.25) is 0 Å². The highest BCUT2D eigenvalue weighted by Gasteiger charge is 2.14.